The van der Waals surface area contributed by atoms with Gasteiger partial charge in [0.15, 0.2) is 0 Å². The number of rotatable bonds is 8. The van der Waals surface area contributed by atoms with E-state index in [0.717, 1.165) is 11.1 Å². The number of nitrogens with zero attached hydrogens (tertiary/aromatic N) is 1. The number of aliphatic hydroxyl groups is 1. The Balaban J connectivity index is 1.50. The van der Waals surface area contributed by atoms with Gasteiger partial charge in [-0.05, 0) is 44.7 Å². The molecule has 208 valence electrons. The van der Waals surface area contributed by atoms with Gasteiger partial charge < -0.3 is 25.4 Å². The van der Waals surface area contributed by atoms with E-state index in [1.807, 2.05) is 81.4 Å². The third-order valence-electron chi connectivity index (χ3n) is 8.00. The molecule has 3 aliphatic rings. The molecule has 3 unspecified atom stereocenters. The summed E-state index contributed by atoms with van der Waals surface area (Å²) in [5, 5.41) is 16.5. The number of nitrogens with one attached hydrogen (secondary N) is 2. The van der Waals surface area contributed by atoms with Crippen molar-refractivity contribution in [3.63, 3.8) is 0 Å². The highest BCUT2D eigenvalue weighted by Gasteiger charge is 2.77. The van der Waals surface area contributed by atoms with Crippen LogP contribution in [0.2, 0.25) is 0 Å². The molecule has 7 atom stereocenters. The average Bonchev–Trinajstić information content (AvgIpc) is 3.49. The number of carbonyl (C=O) groups excluding carboxylic acids is 3. The smallest absolute Gasteiger partial charge is 0.246 e. The molecule has 39 heavy (non-hydrogen) atoms. The lowest BCUT2D eigenvalue weighted by atomic mass is 9.70. The van der Waals surface area contributed by atoms with Crippen LogP contribution >= 0.6 is 15.9 Å². The van der Waals surface area contributed by atoms with E-state index in [9.17, 15) is 19.5 Å². The first-order chi connectivity index (χ1) is 18.6. The van der Waals surface area contributed by atoms with E-state index in [0.29, 0.717) is 19.4 Å². The quantitative estimate of drug-likeness (QED) is 0.405. The van der Waals surface area contributed by atoms with Gasteiger partial charge in [0, 0.05) is 16.9 Å². The normalized spacial score (nSPS) is 30.2. The summed E-state index contributed by atoms with van der Waals surface area (Å²) in [6.45, 7) is 5.65. The molecule has 3 saturated heterocycles. The SMILES string of the molecule is CC(C)(C)NC(=O)C1N([C@@H](CO)Cc2ccccc2)C(=O)[C@@H]2[C@@H](C(=O)NCc3ccccc3)[C@@H]3OC12CC3Br. The van der Waals surface area contributed by atoms with Crippen molar-refractivity contribution in [3.8, 4) is 0 Å². The summed E-state index contributed by atoms with van der Waals surface area (Å²) in [4.78, 5) is 43.2. The van der Waals surface area contributed by atoms with Crippen LogP contribution in [0.15, 0.2) is 60.7 Å². The van der Waals surface area contributed by atoms with Crippen LogP contribution in [0, 0.1) is 11.8 Å². The molecular formula is C30H36BrN3O5. The number of fused-ring (bicyclic) bond motifs is 1. The predicted octanol–water partition coefficient (Wildman–Crippen LogP) is 2.57. The number of halogens is 1. The topological polar surface area (TPSA) is 108 Å². The molecule has 3 aliphatic heterocycles. The molecule has 0 saturated carbocycles. The van der Waals surface area contributed by atoms with E-state index in [4.69, 9.17) is 4.74 Å². The van der Waals surface area contributed by atoms with Crippen LogP contribution in [0.4, 0.5) is 0 Å². The number of likely N-dealkylation sites (tertiary alicyclic amines) is 1. The molecule has 0 radical (unpaired) electrons. The van der Waals surface area contributed by atoms with Crippen LogP contribution in [-0.4, -0.2) is 68.5 Å². The van der Waals surface area contributed by atoms with Crippen molar-refractivity contribution in [1.29, 1.82) is 0 Å². The van der Waals surface area contributed by atoms with Crippen LogP contribution in [0.5, 0.6) is 0 Å². The molecule has 3 amide bonds. The van der Waals surface area contributed by atoms with Crippen molar-refractivity contribution in [1.82, 2.24) is 15.5 Å². The van der Waals surface area contributed by atoms with Gasteiger partial charge in [0.1, 0.15) is 11.6 Å². The summed E-state index contributed by atoms with van der Waals surface area (Å²) >= 11 is 3.70. The third-order valence-corrected chi connectivity index (χ3v) is 8.85. The lowest BCUT2D eigenvalue weighted by Crippen LogP contribution is -2.60. The molecule has 3 fully saturated rings. The molecule has 1 spiro atoms. The largest absolute Gasteiger partial charge is 0.394 e. The molecule has 8 nitrogen and oxygen atoms in total. The van der Waals surface area contributed by atoms with Crippen molar-refractivity contribution in [3.05, 3.63) is 71.8 Å². The van der Waals surface area contributed by atoms with Crippen LogP contribution in [0.1, 0.15) is 38.3 Å². The highest BCUT2D eigenvalue weighted by molar-refractivity contribution is 9.09. The Morgan fingerprint density at radius 3 is 2.28 bits per heavy atom. The zero-order valence-electron chi connectivity index (χ0n) is 22.5. The Bertz CT molecular complexity index is 1220. The Kier molecular flexibility index (Phi) is 7.61. The zero-order valence-corrected chi connectivity index (χ0v) is 24.1. The van der Waals surface area contributed by atoms with Crippen LogP contribution in [-0.2, 0) is 32.1 Å². The molecular weight excluding hydrogens is 562 g/mol. The standard InChI is InChI=1S/C30H36BrN3O5/c1-29(2,3)33-27(37)25-30-15-21(31)24(39-30)22(26(36)32-16-19-12-8-5-9-13-19)23(30)28(38)34(25)20(17-35)14-18-10-6-4-7-11-18/h4-13,20-25,35H,14-17H2,1-3H3,(H,32,36)(H,33,37)/t20-,21?,22-,23+,24-,25?,30?/m1/s1. The fourth-order valence-electron chi connectivity index (χ4n) is 6.54. The third kappa shape index (κ3) is 5.12. The van der Waals surface area contributed by atoms with Crippen LogP contribution in [0.3, 0.4) is 0 Å². The summed E-state index contributed by atoms with van der Waals surface area (Å²) in [6.07, 6.45) is 0.249. The molecule has 5 rings (SSSR count). The number of benzene rings is 2. The van der Waals surface area contributed by atoms with Crippen molar-refractivity contribution in [2.45, 2.75) is 74.3 Å². The second-order valence-electron chi connectivity index (χ2n) is 11.9. The number of carbonyl (C=O) groups is 3. The molecule has 9 heteroatoms. The first kappa shape index (κ1) is 27.8. The summed E-state index contributed by atoms with van der Waals surface area (Å²) in [5.74, 6) is -2.51. The minimum absolute atomic E-state index is 0.194. The van der Waals surface area contributed by atoms with Gasteiger partial charge in [-0.25, -0.2) is 0 Å². The average molecular weight is 599 g/mol. The first-order valence-corrected chi connectivity index (χ1v) is 14.4. The van der Waals surface area contributed by atoms with E-state index in [-0.39, 0.29) is 29.2 Å². The summed E-state index contributed by atoms with van der Waals surface area (Å²) in [6, 6.07) is 17.5. The Morgan fingerprint density at radius 2 is 1.69 bits per heavy atom. The summed E-state index contributed by atoms with van der Waals surface area (Å²) < 4.78 is 6.56. The summed E-state index contributed by atoms with van der Waals surface area (Å²) in [7, 11) is 0. The van der Waals surface area contributed by atoms with E-state index < -0.39 is 41.2 Å². The van der Waals surface area contributed by atoms with Crippen molar-refractivity contribution in [2.75, 3.05) is 6.61 Å². The van der Waals surface area contributed by atoms with Gasteiger partial charge in [-0.3, -0.25) is 14.4 Å². The van der Waals surface area contributed by atoms with Gasteiger partial charge >= 0.3 is 0 Å². The van der Waals surface area contributed by atoms with Crippen LogP contribution < -0.4 is 10.6 Å². The van der Waals surface area contributed by atoms with E-state index in [1.54, 1.807) is 0 Å². The number of hydrogen-bond donors (Lipinski definition) is 3. The highest BCUT2D eigenvalue weighted by atomic mass is 79.9. The van der Waals surface area contributed by atoms with Gasteiger partial charge in [-0.2, -0.15) is 0 Å². The number of amides is 3. The number of ether oxygens (including phenoxy) is 1. The number of hydrogen-bond acceptors (Lipinski definition) is 5. The van der Waals surface area contributed by atoms with Gasteiger partial charge in [0.25, 0.3) is 0 Å². The van der Waals surface area contributed by atoms with Gasteiger partial charge in [0.05, 0.1) is 30.6 Å². The van der Waals surface area contributed by atoms with Gasteiger partial charge in [-0.1, -0.05) is 76.6 Å². The van der Waals surface area contributed by atoms with Gasteiger partial charge in [0.2, 0.25) is 17.7 Å². The molecule has 3 N–H and O–H groups in total. The Morgan fingerprint density at radius 1 is 1.08 bits per heavy atom. The van der Waals surface area contributed by atoms with Crippen molar-refractivity contribution in [2.24, 2.45) is 11.8 Å². The second-order valence-corrected chi connectivity index (χ2v) is 13.1. The molecule has 2 aromatic rings. The fourth-order valence-corrected chi connectivity index (χ4v) is 7.48. The van der Waals surface area contributed by atoms with Crippen molar-refractivity contribution >= 4 is 33.7 Å². The van der Waals surface area contributed by atoms with Crippen LogP contribution in [0.25, 0.3) is 0 Å². The summed E-state index contributed by atoms with van der Waals surface area (Å²) in [5.41, 5.74) is 0.162. The maximum absolute atomic E-state index is 14.3. The molecule has 0 aliphatic carbocycles. The maximum Gasteiger partial charge on any atom is 0.246 e. The zero-order chi connectivity index (χ0) is 27.9. The Labute approximate surface area is 237 Å². The molecule has 3 heterocycles. The monoisotopic (exact) mass is 597 g/mol. The Hall–Kier alpha value is -2.75. The lowest BCUT2D eigenvalue weighted by Gasteiger charge is -2.38. The number of alkyl halides is 1. The highest BCUT2D eigenvalue weighted by Crippen LogP contribution is 2.60. The minimum atomic E-state index is -1.18. The van der Waals surface area contributed by atoms with Crippen molar-refractivity contribution < 1.29 is 24.2 Å². The molecule has 2 aromatic carbocycles. The molecule has 0 aromatic heterocycles. The van der Waals surface area contributed by atoms with E-state index in [2.05, 4.69) is 26.6 Å². The lowest BCUT2D eigenvalue weighted by molar-refractivity contribution is -0.146. The number of aliphatic hydroxyl groups excluding tert-OH is 1. The maximum atomic E-state index is 14.3. The van der Waals surface area contributed by atoms with E-state index >= 15 is 0 Å². The predicted molar refractivity (Wildman–Crippen MR) is 150 cm³/mol. The molecule has 2 bridgehead atoms. The fraction of sp³-hybridized carbons (Fsp3) is 0.500. The minimum Gasteiger partial charge on any atom is -0.394 e. The van der Waals surface area contributed by atoms with Gasteiger partial charge in [-0.15, -0.1) is 0 Å². The first-order valence-electron chi connectivity index (χ1n) is 13.5. The second kappa shape index (κ2) is 10.7. The van der Waals surface area contributed by atoms with E-state index in [1.165, 1.54) is 4.90 Å².